The van der Waals surface area contributed by atoms with Gasteiger partial charge in [-0.25, -0.2) is 4.98 Å². The molecular weight excluding hydrogens is 499 g/mol. The van der Waals surface area contributed by atoms with Crippen LogP contribution < -0.4 is 9.47 Å². The van der Waals surface area contributed by atoms with Crippen LogP contribution in [-0.2, 0) is 30.4 Å². The van der Waals surface area contributed by atoms with Gasteiger partial charge in [0, 0.05) is 18.4 Å². The minimum absolute atomic E-state index is 0.0420. The van der Waals surface area contributed by atoms with Crippen molar-refractivity contribution in [2.45, 2.75) is 39.0 Å². The number of alkyl halides is 3. The van der Waals surface area contributed by atoms with Gasteiger partial charge in [-0.1, -0.05) is 24.3 Å². The van der Waals surface area contributed by atoms with Gasteiger partial charge in [0.05, 0.1) is 17.9 Å². The van der Waals surface area contributed by atoms with E-state index in [1.165, 1.54) is 12.1 Å². The number of oxazole rings is 1. The molecule has 0 spiro atoms. The van der Waals surface area contributed by atoms with E-state index in [9.17, 15) is 18.0 Å². The van der Waals surface area contributed by atoms with Gasteiger partial charge < -0.3 is 19.0 Å². The summed E-state index contributed by atoms with van der Waals surface area (Å²) in [7, 11) is 0. The number of carboxylic acid groups (broad SMARTS) is 1. The van der Waals surface area contributed by atoms with E-state index >= 15 is 0 Å². The van der Waals surface area contributed by atoms with Crippen LogP contribution in [0.5, 0.6) is 11.5 Å². The van der Waals surface area contributed by atoms with E-state index in [1.807, 2.05) is 37.3 Å². The predicted molar refractivity (Wildman–Crippen MR) is 134 cm³/mol. The molecule has 0 fully saturated rings. The standard InChI is InChI=1S/C29H26F3NO5/c1-19-26(33-28(38-19)21-5-3-2-4-6-21)15-16-36-25-11-7-20(8-14-27(34)35)22(17-25)18-37-24-12-9-23(10-13-24)29(30,31)32/h2-7,9-13,17H,8,14-16,18H2,1H3,(H,34,35). The lowest BCUT2D eigenvalue weighted by molar-refractivity contribution is -0.138. The van der Waals surface area contributed by atoms with Crippen molar-refractivity contribution in [3.63, 3.8) is 0 Å². The van der Waals surface area contributed by atoms with Crippen LogP contribution in [0.2, 0.25) is 0 Å². The highest BCUT2D eigenvalue weighted by Crippen LogP contribution is 2.31. The van der Waals surface area contributed by atoms with Gasteiger partial charge in [0.15, 0.2) is 0 Å². The van der Waals surface area contributed by atoms with Crippen LogP contribution >= 0.6 is 0 Å². The Balaban J connectivity index is 1.42. The second-order valence-electron chi connectivity index (χ2n) is 8.62. The number of aryl methyl sites for hydroxylation is 2. The third-order valence-corrected chi connectivity index (χ3v) is 5.88. The first-order valence-electron chi connectivity index (χ1n) is 12.0. The number of ether oxygens (including phenoxy) is 2. The van der Waals surface area contributed by atoms with Gasteiger partial charge in [-0.2, -0.15) is 13.2 Å². The minimum Gasteiger partial charge on any atom is -0.493 e. The lowest BCUT2D eigenvalue weighted by Crippen LogP contribution is -2.07. The van der Waals surface area contributed by atoms with Crippen molar-refractivity contribution in [2.75, 3.05) is 6.61 Å². The average Bonchev–Trinajstić information content (AvgIpc) is 3.27. The molecular formula is C29H26F3NO5. The molecule has 9 heteroatoms. The highest BCUT2D eigenvalue weighted by molar-refractivity contribution is 5.67. The zero-order valence-electron chi connectivity index (χ0n) is 20.6. The maximum atomic E-state index is 12.8. The smallest absolute Gasteiger partial charge is 0.416 e. The molecule has 0 unspecified atom stereocenters. The van der Waals surface area contributed by atoms with E-state index in [1.54, 1.807) is 18.2 Å². The molecule has 6 nitrogen and oxygen atoms in total. The fraction of sp³-hybridized carbons (Fsp3) is 0.241. The lowest BCUT2D eigenvalue weighted by Gasteiger charge is -2.14. The number of aliphatic carboxylic acids is 1. The second kappa shape index (κ2) is 11.9. The normalized spacial score (nSPS) is 11.4. The van der Waals surface area contributed by atoms with Crippen LogP contribution in [0, 0.1) is 6.92 Å². The van der Waals surface area contributed by atoms with Gasteiger partial charge in [-0.3, -0.25) is 4.79 Å². The molecule has 0 saturated carbocycles. The molecule has 0 bridgehead atoms. The van der Waals surface area contributed by atoms with Crippen LogP contribution in [0.1, 0.15) is 34.6 Å². The Morgan fingerprint density at radius 3 is 2.32 bits per heavy atom. The van der Waals surface area contributed by atoms with Crippen LogP contribution in [0.25, 0.3) is 11.5 Å². The van der Waals surface area contributed by atoms with E-state index < -0.39 is 17.7 Å². The molecule has 0 aliphatic rings. The van der Waals surface area contributed by atoms with Crippen LogP contribution in [0.4, 0.5) is 13.2 Å². The minimum atomic E-state index is -4.43. The van der Waals surface area contributed by atoms with E-state index in [2.05, 4.69) is 4.98 Å². The van der Waals surface area contributed by atoms with E-state index in [-0.39, 0.29) is 25.2 Å². The van der Waals surface area contributed by atoms with Gasteiger partial charge in [0.2, 0.25) is 5.89 Å². The third kappa shape index (κ3) is 7.15. The Morgan fingerprint density at radius 2 is 1.63 bits per heavy atom. The molecule has 1 heterocycles. The molecule has 198 valence electrons. The first kappa shape index (κ1) is 26.8. The maximum absolute atomic E-state index is 12.8. The molecule has 0 radical (unpaired) electrons. The van der Waals surface area contributed by atoms with Gasteiger partial charge in [0.25, 0.3) is 0 Å². The summed E-state index contributed by atoms with van der Waals surface area (Å²) in [6.07, 6.45) is -3.70. The summed E-state index contributed by atoms with van der Waals surface area (Å²) in [5.74, 6) is 1.15. The summed E-state index contributed by atoms with van der Waals surface area (Å²) < 4.78 is 55.9. The summed E-state index contributed by atoms with van der Waals surface area (Å²) in [6.45, 7) is 2.22. The molecule has 0 aliphatic carbocycles. The highest BCUT2D eigenvalue weighted by Gasteiger charge is 2.30. The largest absolute Gasteiger partial charge is 0.493 e. The molecule has 38 heavy (non-hydrogen) atoms. The third-order valence-electron chi connectivity index (χ3n) is 5.88. The van der Waals surface area contributed by atoms with E-state index in [4.69, 9.17) is 19.0 Å². The fourth-order valence-corrected chi connectivity index (χ4v) is 3.84. The molecule has 3 aromatic carbocycles. The second-order valence-corrected chi connectivity index (χ2v) is 8.62. The fourth-order valence-electron chi connectivity index (χ4n) is 3.84. The van der Waals surface area contributed by atoms with Crippen molar-refractivity contribution in [1.82, 2.24) is 4.98 Å². The monoisotopic (exact) mass is 525 g/mol. The maximum Gasteiger partial charge on any atom is 0.416 e. The number of carbonyl (C=O) groups is 1. The Kier molecular flexibility index (Phi) is 8.35. The first-order chi connectivity index (χ1) is 18.2. The SMILES string of the molecule is Cc1oc(-c2ccccc2)nc1CCOc1ccc(CCC(=O)O)c(COc2ccc(C(F)(F)F)cc2)c1. The summed E-state index contributed by atoms with van der Waals surface area (Å²) in [6, 6.07) is 19.3. The predicted octanol–water partition coefficient (Wildman–Crippen LogP) is 6.89. The van der Waals surface area contributed by atoms with Gasteiger partial charge in [-0.05, 0) is 73.0 Å². The molecule has 0 aliphatic heterocycles. The molecule has 0 amide bonds. The summed E-state index contributed by atoms with van der Waals surface area (Å²) in [5.41, 5.74) is 2.35. The number of hydrogen-bond donors (Lipinski definition) is 1. The van der Waals surface area contributed by atoms with Crippen molar-refractivity contribution < 1.29 is 37.0 Å². The van der Waals surface area contributed by atoms with Crippen LogP contribution in [-0.4, -0.2) is 22.7 Å². The topological polar surface area (TPSA) is 81.8 Å². The van der Waals surface area contributed by atoms with Crippen molar-refractivity contribution in [3.8, 4) is 23.0 Å². The quantitative estimate of drug-likeness (QED) is 0.230. The summed E-state index contributed by atoms with van der Waals surface area (Å²) in [4.78, 5) is 15.7. The molecule has 0 saturated heterocycles. The van der Waals surface area contributed by atoms with Gasteiger partial charge in [-0.15, -0.1) is 0 Å². The number of nitrogens with zero attached hydrogens (tertiary/aromatic N) is 1. The van der Waals surface area contributed by atoms with Gasteiger partial charge >= 0.3 is 12.1 Å². The van der Waals surface area contributed by atoms with Crippen molar-refractivity contribution in [2.24, 2.45) is 0 Å². The van der Waals surface area contributed by atoms with Crippen molar-refractivity contribution in [1.29, 1.82) is 0 Å². The summed E-state index contributed by atoms with van der Waals surface area (Å²) in [5, 5.41) is 9.08. The molecule has 4 rings (SSSR count). The Morgan fingerprint density at radius 1 is 0.921 bits per heavy atom. The van der Waals surface area contributed by atoms with Gasteiger partial charge in [0.1, 0.15) is 23.9 Å². The number of benzene rings is 3. The van der Waals surface area contributed by atoms with Crippen molar-refractivity contribution in [3.05, 3.63) is 101 Å². The number of aromatic nitrogens is 1. The Hall–Kier alpha value is -4.27. The van der Waals surface area contributed by atoms with Crippen molar-refractivity contribution >= 4 is 5.97 Å². The average molecular weight is 526 g/mol. The number of halogens is 3. The first-order valence-corrected chi connectivity index (χ1v) is 12.0. The molecule has 4 aromatic rings. The molecule has 1 aromatic heterocycles. The highest BCUT2D eigenvalue weighted by atomic mass is 19.4. The zero-order valence-corrected chi connectivity index (χ0v) is 20.6. The molecule has 1 N–H and O–H groups in total. The van der Waals surface area contributed by atoms with E-state index in [0.29, 0.717) is 36.0 Å². The Bertz CT molecular complexity index is 1370. The Labute approximate surface area is 217 Å². The number of rotatable bonds is 11. The number of hydrogen-bond acceptors (Lipinski definition) is 5. The van der Waals surface area contributed by atoms with Crippen LogP contribution in [0.15, 0.2) is 77.2 Å². The van der Waals surface area contributed by atoms with E-state index in [0.717, 1.165) is 29.0 Å². The lowest BCUT2D eigenvalue weighted by atomic mass is 10.0. The number of carboxylic acids is 1. The molecule has 0 atom stereocenters. The summed E-state index contributed by atoms with van der Waals surface area (Å²) >= 11 is 0. The zero-order chi connectivity index (χ0) is 27.1. The van der Waals surface area contributed by atoms with Crippen LogP contribution in [0.3, 0.4) is 0 Å².